The van der Waals surface area contributed by atoms with Gasteiger partial charge in [-0.3, -0.25) is 19.4 Å². The average Bonchev–Trinajstić information content (AvgIpc) is 3.21. The lowest BCUT2D eigenvalue weighted by Gasteiger charge is -2.24. The van der Waals surface area contributed by atoms with Crippen LogP contribution in [0.15, 0.2) is 71.7 Å². The van der Waals surface area contributed by atoms with Gasteiger partial charge in [0.15, 0.2) is 6.61 Å². The molecule has 2 amide bonds. The molecule has 5 N–H and O–H groups in total. The Labute approximate surface area is 216 Å². The highest BCUT2D eigenvalue weighted by atomic mass is 16.5. The summed E-state index contributed by atoms with van der Waals surface area (Å²) in [5, 5.41) is 21.7. The molecule has 1 aromatic heterocycles. The van der Waals surface area contributed by atoms with Crippen LogP contribution in [0.3, 0.4) is 0 Å². The number of fused-ring (bicyclic) bond motifs is 3. The Morgan fingerprint density at radius 1 is 0.947 bits per heavy atom. The second-order valence-electron chi connectivity index (χ2n) is 8.52. The highest BCUT2D eigenvalue weighted by Gasteiger charge is 2.41. The van der Waals surface area contributed by atoms with Crippen molar-refractivity contribution in [1.82, 2.24) is 9.88 Å². The van der Waals surface area contributed by atoms with Gasteiger partial charge in [0.25, 0.3) is 5.91 Å². The van der Waals surface area contributed by atoms with Crippen LogP contribution in [-0.2, 0) is 20.9 Å². The fraction of sp³-hybridized carbons (Fsp3) is 0.148. The third-order valence-corrected chi connectivity index (χ3v) is 6.06. The summed E-state index contributed by atoms with van der Waals surface area (Å²) in [5.41, 5.74) is 5.95. The normalized spacial score (nSPS) is 12.5. The number of carboxylic acid groups (broad SMARTS) is 2. The number of nitrogens with zero attached hydrogens (tertiary/aromatic N) is 2. The second-order valence-corrected chi connectivity index (χ2v) is 8.52. The van der Waals surface area contributed by atoms with E-state index in [1.165, 1.54) is 0 Å². The predicted octanol–water partition coefficient (Wildman–Crippen LogP) is 2.39. The predicted molar refractivity (Wildman–Crippen MR) is 139 cm³/mol. The molecule has 0 aliphatic heterocycles. The van der Waals surface area contributed by atoms with Gasteiger partial charge in [-0.05, 0) is 36.5 Å². The van der Waals surface area contributed by atoms with E-state index in [4.69, 9.17) is 15.6 Å². The van der Waals surface area contributed by atoms with Gasteiger partial charge in [-0.1, -0.05) is 42.5 Å². The molecule has 11 heteroatoms. The number of carbonyl (C=O) groups is 4. The van der Waals surface area contributed by atoms with Crippen LogP contribution in [0.2, 0.25) is 0 Å². The van der Waals surface area contributed by atoms with Crippen LogP contribution in [0.1, 0.15) is 22.3 Å². The first-order valence-electron chi connectivity index (χ1n) is 11.4. The number of primary amides is 1. The molecule has 1 heterocycles. The minimum absolute atomic E-state index is 0.244. The molecule has 0 fully saturated rings. The van der Waals surface area contributed by atoms with Crippen LogP contribution in [-0.4, -0.2) is 57.5 Å². The van der Waals surface area contributed by atoms with Crippen molar-refractivity contribution >= 4 is 52.3 Å². The largest absolute Gasteiger partial charge is 0.483 e. The number of hydrogen-bond donors (Lipinski definition) is 4. The van der Waals surface area contributed by atoms with Crippen molar-refractivity contribution in [2.24, 2.45) is 10.7 Å². The maximum Gasteiger partial charge on any atom is 0.353 e. The number of hydrogen-bond acceptors (Lipinski definition) is 6. The molecule has 11 nitrogen and oxygen atoms in total. The number of nitrogens with two attached hydrogens (primary N) is 1. The molecule has 1 atom stereocenters. The lowest BCUT2D eigenvalue weighted by molar-refractivity contribution is -0.153. The fourth-order valence-electron chi connectivity index (χ4n) is 4.38. The lowest BCUT2D eigenvalue weighted by Crippen LogP contribution is -2.55. The molecule has 0 unspecified atom stereocenters. The monoisotopic (exact) mass is 516 g/mol. The van der Waals surface area contributed by atoms with E-state index in [1.54, 1.807) is 24.3 Å². The highest BCUT2D eigenvalue weighted by Crippen LogP contribution is 2.38. The maximum atomic E-state index is 12.6. The van der Waals surface area contributed by atoms with Gasteiger partial charge in [-0.15, -0.1) is 0 Å². The number of carbonyl (C=O) groups excluding carboxylic acids is 2. The molecule has 194 valence electrons. The van der Waals surface area contributed by atoms with E-state index in [2.05, 4.69) is 17.0 Å². The van der Waals surface area contributed by atoms with Gasteiger partial charge in [0, 0.05) is 17.5 Å². The Bertz CT molecular complexity index is 1580. The molecular formula is C27H24N4O7. The highest BCUT2D eigenvalue weighted by molar-refractivity contribution is 6.19. The van der Waals surface area contributed by atoms with Crippen molar-refractivity contribution in [2.75, 3.05) is 6.61 Å². The molecule has 0 bridgehead atoms. The maximum absolute atomic E-state index is 12.6. The Balaban J connectivity index is 1.76. The first kappa shape index (κ1) is 25.9. The van der Waals surface area contributed by atoms with Gasteiger partial charge in [0.05, 0.1) is 16.4 Å². The molecule has 4 rings (SSSR count). The van der Waals surface area contributed by atoms with Crippen molar-refractivity contribution in [3.05, 3.63) is 77.9 Å². The molecule has 0 saturated heterocycles. The zero-order valence-electron chi connectivity index (χ0n) is 20.1. The molecule has 0 aliphatic rings. The van der Waals surface area contributed by atoms with Crippen molar-refractivity contribution in [2.45, 2.75) is 18.6 Å². The number of aromatic nitrogens is 1. The van der Waals surface area contributed by atoms with Crippen LogP contribution >= 0.6 is 0 Å². The van der Waals surface area contributed by atoms with E-state index in [0.717, 1.165) is 11.1 Å². The number of benzene rings is 3. The zero-order chi connectivity index (χ0) is 27.4. The first-order chi connectivity index (χ1) is 18.2. The number of rotatable bonds is 11. The van der Waals surface area contributed by atoms with Crippen molar-refractivity contribution in [3.63, 3.8) is 0 Å². The Hall–Kier alpha value is -5.19. The smallest absolute Gasteiger partial charge is 0.353 e. The van der Waals surface area contributed by atoms with Crippen molar-refractivity contribution < 1.29 is 34.1 Å². The van der Waals surface area contributed by atoms with Crippen LogP contribution in [0, 0.1) is 0 Å². The van der Waals surface area contributed by atoms with Crippen LogP contribution < -0.4 is 15.8 Å². The van der Waals surface area contributed by atoms with Gasteiger partial charge in [0.1, 0.15) is 12.2 Å². The lowest BCUT2D eigenvalue weighted by atomic mass is 10.1. The standard InChI is InChI=1S/C27H24N4O7/c1-29-27(26(36)37,13-22(33)34)30-21(32)15-38-20-12-6-11-19-24(20)23-17(25(28)35)9-5-10-18(23)31(19)14-16-7-3-2-4-8-16/h2-12H,1,13-15H2,(H2,28,35)(H,30,32)(H,33,34)(H,36,37)/t27-/m0/s1. The van der Waals surface area contributed by atoms with Crippen LogP contribution in [0.5, 0.6) is 5.75 Å². The van der Waals surface area contributed by atoms with E-state index in [0.29, 0.717) is 22.8 Å². The molecule has 3 aromatic carbocycles. The Morgan fingerprint density at radius 2 is 1.61 bits per heavy atom. The molecule has 38 heavy (non-hydrogen) atoms. The van der Waals surface area contributed by atoms with Gasteiger partial charge in [-0.25, -0.2) is 4.79 Å². The summed E-state index contributed by atoms with van der Waals surface area (Å²) in [6, 6.07) is 20.1. The minimum Gasteiger partial charge on any atom is -0.483 e. The fourth-order valence-corrected chi connectivity index (χ4v) is 4.38. The molecule has 0 radical (unpaired) electrons. The third-order valence-electron chi connectivity index (χ3n) is 6.06. The number of aliphatic imine (C=N–C) groups is 1. The molecule has 0 aliphatic carbocycles. The quantitative estimate of drug-likeness (QED) is 0.221. The summed E-state index contributed by atoms with van der Waals surface area (Å²) in [7, 11) is 0. The number of nitrogens with one attached hydrogen (secondary N) is 1. The average molecular weight is 517 g/mol. The number of amides is 2. The summed E-state index contributed by atoms with van der Waals surface area (Å²) < 4.78 is 7.79. The van der Waals surface area contributed by atoms with E-state index < -0.39 is 42.4 Å². The van der Waals surface area contributed by atoms with Gasteiger partial charge < -0.3 is 30.6 Å². The zero-order valence-corrected chi connectivity index (χ0v) is 20.1. The molecule has 0 saturated carbocycles. The second kappa shape index (κ2) is 10.4. The van der Waals surface area contributed by atoms with E-state index in [9.17, 15) is 24.3 Å². The summed E-state index contributed by atoms with van der Waals surface area (Å²) in [5.74, 6) is -4.50. The van der Waals surface area contributed by atoms with Crippen molar-refractivity contribution in [3.8, 4) is 5.75 Å². The summed E-state index contributed by atoms with van der Waals surface area (Å²) in [4.78, 5) is 51.1. The van der Waals surface area contributed by atoms with E-state index >= 15 is 0 Å². The van der Waals surface area contributed by atoms with E-state index in [1.807, 2.05) is 47.0 Å². The number of aliphatic carboxylic acids is 2. The number of carboxylic acids is 2. The summed E-state index contributed by atoms with van der Waals surface area (Å²) >= 11 is 0. The van der Waals surface area contributed by atoms with Crippen LogP contribution in [0.4, 0.5) is 0 Å². The minimum atomic E-state index is -2.46. The first-order valence-corrected chi connectivity index (χ1v) is 11.4. The molecule has 4 aromatic rings. The Morgan fingerprint density at radius 3 is 2.21 bits per heavy atom. The topological polar surface area (TPSA) is 173 Å². The number of ether oxygens (including phenoxy) is 1. The summed E-state index contributed by atoms with van der Waals surface area (Å²) in [6.45, 7) is 2.94. The van der Waals surface area contributed by atoms with Crippen LogP contribution in [0.25, 0.3) is 21.8 Å². The van der Waals surface area contributed by atoms with E-state index in [-0.39, 0.29) is 11.3 Å². The third kappa shape index (κ3) is 4.89. The molecule has 0 spiro atoms. The van der Waals surface area contributed by atoms with Gasteiger partial charge in [-0.2, -0.15) is 0 Å². The Kier molecular flexibility index (Phi) is 7.10. The summed E-state index contributed by atoms with van der Waals surface area (Å²) in [6.07, 6.45) is -1.01. The SMILES string of the molecule is C=N[C@@](CC(=O)O)(NC(=O)COc1cccc2c1c1c(C(N)=O)cccc1n2Cc1ccccc1)C(=O)O. The van der Waals surface area contributed by atoms with Gasteiger partial charge >= 0.3 is 11.9 Å². The molecular weight excluding hydrogens is 492 g/mol. The van der Waals surface area contributed by atoms with Crippen molar-refractivity contribution in [1.29, 1.82) is 0 Å². The van der Waals surface area contributed by atoms with Gasteiger partial charge in [0.2, 0.25) is 11.6 Å².